The van der Waals surface area contributed by atoms with E-state index in [-0.39, 0.29) is 17.4 Å². The average molecular weight is 269 g/mol. The number of aryl methyl sites for hydroxylation is 2. The lowest BCUT2D eigenvalue weighted by Gasteiger charge is -2.19. The number of hydrogen-bond donors (Lipinski definition) is 2. The van der Waals surface area contributed by atoms with Gasteiger partial charge in [0.15, 0.2) is 0 Å². The summed E-state index contributed by atoms with van der Waals surface area (Å²) < 4.78 is 1.37. The fraction of sp³-hybridized carbons (Fsp3) is 0.636. The van der Waals surface area contributed by atoms with Crippen LogP contribution in [0.15, 0.2) is 0 Å². The number of nitrogens with one attached hydrogen (secondary N) is 1. The van der Waals surface area contributed by atoms with E-state index < -0.39 is 16.9 Å². The normalized spacial score (nSPS) is 12.5. The lowest BCUT2D eigenvalue weighted by molar-refractivity contribution is -0.384. The summed E-state index contributed by atoms with van der Waals surface area (Å²) >= 11 is 0. The molecule has 1 aromatic heterocycles. The molecule has 0 saturated heterocycles. The molecule has 1 unspecified atom stereocenters. The molecule has 3 N–H and O–H groups in total. The highest BCUT2D eigenvalue weighted by molar-refractivity contribution is 5.83. The average Bonchev–Trinajstić information content (AvgIpc) is 2.61. The van der Waals surface area contributed by atoms with Gasteiger partial charge in [0.25, 0.3) is 0 Å². The summed E-state index contributed by atoms with van der Waals surface area (Å²) in [4.78, 5) is 22.0. The summed E-state index contributed by atoms with van der Waals surface area (Å²) in [6, 6.07) is -0.682. The third kappa shape index (κ3) is 3.01. The lowest BCUT2D eigenvalue weighted by atomic mass is 10.0. The highest BCUT2D eigenvalue weighted by atomic mass is 16.6. The van der Waals surface area contributed by atoms with Crippen LogP contribution in [-0.2, 0) is 18.3 Å². The minimum atomic E-state index is -0.682. The number of rotatable bonds is 6. The third-order valence-corrected chi connectivity index (χ3v) is 2.87. The summed E-state index contributed by atoms with van der Waals surface area (Å²) in [5.41, 5.74) is 5.58. The lowest BCUT2D eigenvalue weighted by Crippen LogP contribution is -2.40. The van der Waals surface area contributed by atoms with Crippen LogP contribution in [0, 0.1) is 16.0 Å². The predicted octanol–water partition coefficient (Wildman–Crippen LogP) is 0.812. The maximum atomic E-state index is 11.4. The number of carbonyl (C=O) groups is 1. The topological polar surface area (TPSA) is 116 Å². The van der Waals surface area contributed by atoms with E-state index in [9.17, 15) is 14.9 Å². The Balaban J connectivity index is 3.23. The fourth-order valence-corrected chi connectivity index (χ4v) is 1.87. The van der Waals surface area contributed by atoms with Crippen molar-refractivity contribution in [3.05, 3.63) is 15.8 Å². The first kappa shape index (κ1) is 14.9. The summed E-state index contributed by atoms with van der Waals surface area (Å²) in [6.07, 6.45) is 0.439. The smallest absolute Gasteiger partial charge is 0.334 e. The van der Waals surface area contributed by atoms with Crippen molar-refractivity contribution in [3.8, 4) is 0 Å². The molecule has 8 heteroatoms. The summed E-state index contributed by atoms with van der Waals surface area (Å²) in [5, 5.41) is 18.0. The Bertz CT molecular complexity index is 495. The minimum Gasteiger partial charge on any atom is -0.368 e. The number of hydrogen-bond acceptors (Lipinski definition) is 5. The molecule has 1 rings (SSSR count). The summed E-state index contributed by atoms with van der Waals surface area (Å²) in [7, 11) is 1.59. The van der Waals surface area contributed by atoms with Crippen molar-refractivity contribution in [2.75, 3.05) is 5.32 Å². The first-order valence-corrected chi connectivity index (χ1v) is 6.05. The van der Waals surface area contributed by atoms with Gasteiger partial charge < -0.3 is 11.1 Å². The van der Waals surface area contributed by atoms with Gasteiger partial charge in [0.1, 0.15) is 11.7 Å². The van der Waals surface area contributed by atoms with Crippen molar-refractivity contribution in [3.63, 3.8) is 0 Å². The van der Waals surface area contributed by atoms with Crippen molar-refractivity contribution in [2.24, 2.45) is 18.7 Å². The molecule has 0 aromatic carbocycles. The molecule has 0 bridgehead atoms. The first-order valence-electron chi connectivity index (χ1n) is 6.05. The van der Waals surface area contributed by atoms with Gasteiger partial charge in [0, 0.05) is 7.05 Å². The molecule has 106 valence electrons. The molecule has 0 saturated carbocycles. The zero-order valence-electron chi connectivity index (χ0n) is 11.5. The molecule has 8 nitrogen and oxygen atoms in total. The van der Waals surface area contributed by atoms with Crippen molar-refractivity contribution in [1.29, 1.82) is 0 Å². The molecule has 0 aliphatic carbocycles. The van der Waals surface area contributed by atoms with Crippen molar-refractivity contribution in [2.45, 2.75) is 33.2 Å². The van der Waals surface area contributed by atoms with Crippen LogP contribution in [-0.4, -0.2) is 26.7 Å². The number of anilines is 1. The highest BCUT2D eigenvalue weighted by Gasteiger charge is 2.29. The number of carbonyl (C=O) groups excluding carboxylic acids is 1. The van der Waals surface area contributed by atoms with Gasteiger partial charge in [-0.3, -0.25) is 14.9 Å². The van der Waals surface area contributed by atoms with Gasteiger partial charge in [0.2, 0.25) is 11.7 Å². The number of aromatic nitrogens is 2. The Kier molecular flexibility index (Phi) is 4.47. The SMILES string of the molecule is CCc1nn(C)c(NC(C(N)=O)C(C)C)c1[N+](=O)[O-]. The zero-order valence-corrected chi connectivity index (χ0v) is 11.5. The quantitative estimate of drug-likeness (QED) is 0.585. The largest absolute Gasteiger partial charge is 0.368 e. The molecular formula is C11H19N5O3. The van der Waals surface area contributed by atoms with E-state index >= 15 is 0 Å². The van der Waals surface area contributed by atoms with Gasteiger partial charge >= 0.3 is 5.69 Å². The second-order valence-corrected chi connectivity index (χ2v) is 4.65. The number of primary amides is 1. The second-order valence-electron chi connectivity index (χ2n) is 4.65. The Morgan fingerprint density at radius 3 is 2.53 bits per heavy atom. The summed E-state index contributed by atoms with van der Waals surface area (Å²) in [6.45, 7) is 5.41. The molecule has 0 radical (unpaired) electrons. The number of nitrogens with two attached hydrogens (primary N) is 1. The van der Waals surface area contributed by atoms with Crippen molar-refractivity contribution in [1.82, 2.24) is 9.78 Å². The van der Waals surface area contributed by atoms with Crippen molar-refractivity contribution >= 4 is 17.4 Å². The van der Waals surface area contributed by atoms with E-state index in [4.69, 9.17) is 5.73 Å². The predicted molar refractivity (Wildman–Crippen MR) is 70.7 cm³/mol. The molecule has 1 heterocycles. The number of nitro groups is 1. The van der Waals surface area contributed by atoms with Crippen LogP contribution in [0.3, 0.4) is 0 Å². The van der Waals surface area contributed by atoms with Crippen LogP contribution in [0.4, 0.5) is 11.5 Å². The van der Waals surface area contributed by atoms with E-state index in [1.165, 1.54) is 4.68 Å². The standard InChI is InChI=1S/C11H19N5O3/c1-5-7-9(16(18)19)11(15(4)14-7)13-8(6(2)3)10(12)17/h6,8,13H,5H2,1-4H3,(H2,12,17). The van der Waals surface area contributed by atoms with E-state index in [2.05, 4.69) is 10.4 Å². The maximum absolute atomic E-state index is 11.4. The van der Waals surface area contributed by atoms with Crippen LogP contribution in [0.2, 0.25) is 0 Å². The second kappa shape index (κ2) is 5.68. The molecule has 0 fully saturated rings. The fourth-order valence-electron chi connectivity index (χ4n) is 1.87. The molecular weight excluding hydrogens is 250 g/mol. The van der Waals surface area contributed by atoms with Crippen LogP contribution in [0.1, 0.15) is 26.5 Å². The van der Waals surface area contributed by atoms with Gasteiger partial charge in [-0.25, -0.2) is 4.68 Å². The van der Waals surface area contributed by atoms with Crippen LogP contribution in [0.5, 0.6) is 0 Å². The Morgan fingerprint density at radius 2 is 2.16 bits per heavy atom. The van der Waals surface area contributed by atoms with Gasteiger partial charge in [-0.15, -0.1) is 0 Å². The van der Waals surface area contributed by atoms with Gasteiger partial charge in [0.05, 0.1) is 4.92 Å². The number of amides is 1. The molecule has 1 aromatic rings. The minimum absolute atomic E-state index is 0.0860. The van der Waals surface area contributed by atoms with E-state index in [1.54, 1.807) is 14.0 Å². The molecule has 0 aliphatic heterocycles. The monoisotopic (exact) mass is 269 g/mol. The van der Waals surface area contributed by atoms with Gasteiger partial charge in [-0.1, -0.05) is 20.8 Å². The number of nitrogens with zero attached hydrogens (tertiary/aromatic N) is 3. The molecule has 0 spiro atoms. The van der Waals surface area contributed by atoms with E-state index in [1.807, 2.05) is 13.8 Å². The van der Waals surface area contributed by atoms with Gasteiger partial charge in [-0.05, 0) is 12.3 Å². The first-order chi connectivity index (χ1) is 8.79. The van der Waals surface area contributed by atoms with Crippen LogP contribution < -0.4 is 11.1 Å². The summed E-state index contributed by atoms with van der Waals surface area (Å²) in [5.74, 6) is -0.431. The molecule has 19 heavy (non-hydrogen) atoms. The van der Waals surface area contributed by atoms with Crippen molar-refractivity contribution < 1.29 is 9.72 Å². The zero-order chi connectivity index (χ0) is 14.7. The van der Waals surface area contributed by atoms with Crippen LogP contribution in [0.25, 0.3) is 0 Å². The Labute approximate surface area is 111 Å². The molecule has 0 aliphatic rings. The van der Waals surface area contributed by atoms with Crippen LogP contribution >= 0.6 is 0 Å². The highest BCUT2D eigenvalue weighted by Crippen LogP contribution is 2.29. The van der Waals surface area contributed by atoms with E-state index in [0.29, 0.717) is 12.1 Å². The molecule has 1 atom stereocenters. The Morgan fingerprint density at radius 1 is 1.58 bits per heavy atom. The Hall–Kier alpha value is -2.12. The van der Waals surface area contributed by atoms with E-state index in [0.717, 1.165) is 0 Å². The molecule has 1 amide bonds. The maximum Gasteiger partial charge on any atom is 0.334 e. The third-order valence-electron chi connectivity index (χ3n) is 2.87. The van der Waals surface area contributed by atoms with Gasteiger partial charge in [-0.2, -0.15) is 5.10 Å².